The number of aromatic nitrogens is 2. The van der Waals surface area contributed by atoms with Crippen molar-refractivity contribution in [2.75, 3.05) is 31.1 Å². The van der Waals surface area contributed by atoms with Crippen molar-refractivity contribution >= 4 is 5.95 Å². The molecule has 0 N–H and O–H groups in total. The van der Waals surface area contributed by atoms with Gasteiger partial charge in [-0.2, -0.15) is 4.98 Å². The van der Waals surface area contributed by atoms with Crippen LogP contribution in [0.2, 0.25) is 0 Å². The van der Waals surface area contributed by atoms with Crippen LogP contribution < -0.4 is 9.64 Å². The van der Waals surface area contributed by atoms with Gasteiger partial charge in [-0.1, -0.05) is 48.5 Å². The van der Waals surface area contributed by atoms with E-state index in [4.69, 9.17) is 14.7 Å². The molecule has 5 heteroatoms. The van der Waals surface area contributed by atoms with Crippen LogP contribution in [0, 0.1) is 0 Å². The number of nitrogens with zero attached hydrogens (tertiary/aromatic N) is 4. The largest absolute Gasteiger partial charge is 0.439 e. The lowest BCUT2D eigenvalue weighted by Crippen LogP contribution is -2.46. The van der Waals surface area contributed by atoms with Gasteiger partial charge in [0.1, 0.15) is 5.75 Å². The summed E-state index contributed by atoms with van der Waals surface area (Å²) >= 11 is 0. The van der Waals surface area contributed by atoms with Crippen molar-refractivity contribution in [1.29, 1.82) is 0 Å². The minimum atomic E-state index is 0.743. The van der Waals surface area contributed by atoms with Crippen molar-refractivity contribution in [2.45, 2.75) is 32.2 Å². The van der Waals surface area contributed by atoms with E-state index in [9.17, 15) is 0 Å². The van der Waals surface area contributed by atoms with Gasteiger partial charge in [0, 0.05) is 38.3 Å². The van der Waals surface area contributed by atoms with E-state index in [0.29, 0.717) is 0 Å². The van der Waals surface area contributed by atoms with Crippen LogP contribution in [-0.4, -0.2) is 41.0 Å². The lowest BCUT2D eigenvalue weighted by atomic mass is 9.97. The summed E-state index contributed by atoms with van der Waals surface area (Å²) in [6.07, 6.45) is 4.39. The Labute approximate surface area is 178 Å². The number of benzene rings is 2. The molecule has 5 nitrogen and oxygen atoms in total. The zero-order valence-corrected chi connectivity index (χ0v) is 17.3. The molecule has 2 aromatic carbocycles. The lowest BCUT2D eigenvalue weighted by molar-refractivity contribution is 0.248. The van der Waals surface area contributed by atoms with Crippen LogP contribution in [0.3, 0.4) is 0 Å². The monoisotopic (exact) mass is 400 g/mol. The van der Waals surface area contributed by atoms with Crippen molar-refractivity contribution < 1.29 is 4.74 Å². The fourth-order valence-electron chi connectivity index (χ4n) is 4.32. The number of piperazine rings is 1. The Morgan fingerprint density at radius 1 is 0.767 bits per heavy atom. The molecule has 0 saturated carbocycles. The Kier molecular flexibility index (Phi) is 5.62. The van der Waals surface area contributed by atoms with E-state index in [1.165, 1.54) is 29.7 Å². The predicted octanol–water partition coefficient (Wildman–Crippen LogP) is 4.47. The highest BCUT2D eigenvalue weighted by molar-refractivity contribution is 5.43. The Hall–Kier alpha value is -2.92. The van der Waals surface area contributed by atoms with E-state index in [-0.39, 0.29) is 0 Å². The van der Waals surface area contributed by atoms with Gasteiger partial charge in [-0.15, -0.1) is 0 Å². The number of hydrogen-bond acceptors (Lipinski definition) is 5. The number of aryl methyl sites for hydroxylation is 1. The summed E-state index contributed by atoms with van der Waals surface area (Å²) < 4.78 is 6.22. The Bertz CT molecular complexity index is 969. The fraction of sp³-hybridized carbons (Fsp3) is 0.360. The van der Waals surface area contributed by atoms with Gasteiger partial charge in [-0.3, -0.25) is 4.90 Å². The van der Waals surface area contributed by atoms with Crippen LogP contribution in [0.5, 0.6) is 11.6 Å². The van der Waals surface area contributed by atoms with Crippen LogP contribution in [0.4, 0.5) is 5.95 Å². The van der Waals surface area contributed by atoms with Crippen LogP contribution in [0.1, 0.15) is 29.7 Å². The Morgan fingerprint density at radius 2 is 1.47 bits per heavy atom. The molecule has 1 fully saturated rings. The van der Waals surface area contributed by atoms with E-state index in [0.717, 1.165) is 63.1 Å². The number of anilines is 1. The third-order valence-electron chi connectivity index (χ3n) is 6.00. The van der Waals surface area contributed by atoms with E-state index >= 15 is 0 Å². The van der Waals surface area contributed by atoms with Crippen LogP contribution in [0.25, 0.3) is 0 Å². The standard InChI is InChI=1S/C25H28N4O/c1-3-9-20(10-4-1)19-28-15-17-29(18-16-28)25-26-23-14-8-7-13-22(23)24(27-25)30-21-11-5-2-6-12-21/h1-6,9-12H,7-8,13-19H2. The highest BCUT2D eigenvalue weighted by atomic mass is 16.5. The van der Waals surface area contributed by atoms with Crippen molar-refractivity contribution in [3.05, 3.63) is 77.5 Å². The maximum atomic E-state index is 6.22. The van der Waals surface area contributed by atoms with Crippen molar-refractivity contribution in [1.82, 2.24) is 14.9 Å². The Morgan fingerprint density at radius 3 is 2.23 bits per heavy atom. The molecular weight excluding hydrogens is 372 g/mol. The summed E-state index contributed by atoms with van der Waals surface area (Å²) in [5.41, 5.74) is 3.73. The second kappa shape index (κ2) is 8.84. The number of rotatable bonds is 5. The van der Waals surface area contributed by atoms with Crippen LogP contribution in [0.15, 0.2) is 60.7 Å². The number of fused-ring (bicyclic) bond motifs is 1. The molecular formula is C25H28N4O. The van der Waals surface area contributed by atoms with Crippen molar-refractivity contribution in [3.8, 4) is 11.6 Å². The predicted molar refractivity (Wildman–Crippen MR) is 119 cm³/mol. The Balaban J connectivity index is 1.32. The molecule has 5 rings (SSSR count). The topological polar surface area (TPSA) is 41.5 Å². The lowest BCUT2D eigenvalue weighted by Gasteiger charge is -2.35. The molecule has 0 unspecified atom stereocenters. The molecule has 30 heavy (non-hydrogen) atoms. The zero-order valence-electron chi connectivity index (χ0n) is 17.3. The van der Waals surface area contributed by atoms with Crippen LogP contribution in [-0.2, 0) is 19.4 Å². The summed E-state index contributed by atoms with van der Waals surface area (Å²) in [4.78, 5) is 14.7. The van der Waals surface area contributed by atoms with Gasteiger partial charge < -0.3 is 9.64 Å². The summed E-state index contributed by atoms with van der Waals surface area (Å²) in [6, 6.07) is 20.7. The quantitative estimate of drug-likeness (QED) is 0.632. The van der Waals surface area contributed by atoms with Gasteiger partial charge in [0.05, 0.1) is 5.69 Å². The maximum Gasteiger partial charge on any atom is 0.228 e. The number of para-hydroxylation sites is 1. The van der Waals surface area contributed by atoms with Crippen molar-refractivity contribution in [3.63, 3.8) is 0 Å². The molecule has 0 atom stereocenters. The molecule has 0 bridgehead atoms. The van der Waals surface area contributed by atoms with Gasteiger partial charge in [-0.05, 0) is 43.4 Å². The van der Waals surface area contributed by atoms with Gasteiger partial charge in [0.2, 0.25) is 11.8 Å². The first-order chi connectivity index (χ1) is 14.8. The maximum absolute atomic E-state index is 6.22. The minimum absolute atomic E-state index is 0.743. The smallest absolute Gasteiger partial charge is 0.228 e. The van der Waals surface area contributed by atoms with E-state index in [1.54, 1.807) is 0 Å². The van der Waals surface area contributed by atoms with Gasteiger partial charge in [-0.25, -0.2) is 4.98 Å². The third-order valence-corrected chi connectivity index (χ3v) is 6.00. The molecule has 154 valence electrons. The van der Waals surface area contributed by atoms with Crippen LogP contribution >= 0.6 is 0 Å². The zero-order chi connectivity index (χ0) is 20.2. The first-order valence-electron chi connectivity index (χ1n) is 11.0. The van der Waals surface area contributed by atoms with E-state index in [1.807, 2.05) is 30.3 Å². The molecule has 0 spiro atoms. The molecule has 1 aromatic heterocycles. The number of ether oxygens (including phenoxy) is 1. The normalized spacial score (nSPS) is 16.9. The molecule has 0 radical (unpaired) electrons. The molecule has 1 aliphatic heterocycles. The van der Waals surface area contributed by atoms with Gasteiger partial charge >= 0.3 is 0 Å². The van der Waals surface area contributed by atoms with Gasteiger partial charge in [0.25, 0.3) is 0 Å². The summed E-state index contributed by atoms with van der Waals surface area (Å²) in [7, 11) is 0. The third kappa shape index (κ3) is 4.31. The molecule has 1 aliphatic carbocycles. The minimum Gasteiger partial charge on any atom is -0.439 e. The molecule has 3 aromatic rings. The second-order valence-electron chi connectivity index (χ2n) is 8.13. The average molecular weight is 401 g/mol. The highest BCUT2D eigenvalue weighted by Crippen LogP contribution is 2.32. The van der Waals surface area contributed by atoms with Gasteiger partial charge in [0.15, 0.2) is 0 Å². The highest BCUT2D eigenvalue weighted by Gasteiger charge is 2.24. The molecule has 2 aliphatic rings. The molecule has 0 amide bonds. The molecule has 2 heterocycles. The van der Waals surface area contributed by atoms with E-state index in [2.05, 4.69) is 40.1 Å². The summed E-state index contributed by atoms with van der Waals surface area (Å²) in [5.74, 6) is 2.40. The molecule has 1 saturated heterocycles. The summed E-state index contributed by atoms with van der Waals surface area (Å²) in [5, 5.41) is 0. The van der Waals surface area contributed by atoms with E-state index < -0.39 is 0 Å². The average Bonchev–Trinajstić information content (AvgIpc) is 2.81. The first kappa shape index (κ1) is 19.1. The first-order valence-corrected chi connectivity index (χ1v) is 11.0. The fourth-order valence-corrected chi connectivity index (χ4v) is 4.32. The van der Waals surface area contributed by atoms with Crippen molar-refractivity contribution in [2.24, 2.45) is 0 Å². The SMILES string of the molecule is c1ccc(CN2CCN(c3nc4c(c(Oc5ccccc5)n3)CCCC4)CC2)cc1. The summed E-state index contributed by atoms with van der Waals surface area (Å²) in [6.45, 7) is 4.92. The second-order valence-corrected chi connectivity index (χ2v) is 8.13. The number of hydrogen-bond donors (Lipinski definition) is 0.